The molecule has 0 aliphatic heterocycles. The number of hydrogen-bond acceptors (Lipinski definition) is 2. The van der Waals surface area contributed by atoms with E-state index in [-0.39, 0.29) is 5.91 Å². The van der Waals surface area contributed by atoms with Crippen LogP contribution in [0.25, 0.3) is 0 Å². The highest BCUT2D eigenvalue weighted by Crippen LogP contribution is 2.11. The zero-order chi connectivity index (χ0) is 12.7. The smallest absolute Gasteiger partial charge is 0.225 e. The van der Waals surface area contributed by atoms with Gasteiger partial charge in [-0.2, -0.15) is 0 Å². The normalized spacial score (nSPS) is 10.1. The van der Waals surface area contributed by atoms with Crippen LogP contribution in [0.5, 0.6) is 5.75 Å². The van der Waals surface area contributed by atoms with Gasteiger partial charge in [-0.3, -0.25) is 4.79 Å². The Morgan fingerprint density at radius 2 is 1.76 bits per heavy atom. The molecule has 3 heteroatoms. The standard InChI is InChI=1S/C14H21NO2/c1-4-15(5-2)14(16)10-11-17-13-8-6-12(3)7-9-13/h6-9H,4-5,10-11H2,1-3H3. The fourth-order valence-corrected chi connectivity index (χ4v) is 1.63. The van der Waals surface area contributed by atoms with E-state index >= 15 is 0 Å². The largest absolute Gasteiger partial charge is 0.493 e. The highest BCUT2D eigenvalue weighted by Gasteiger charge is 2.08. The minimum atomic E-state index is 0.155. The Balaban J connectivity index is 2.32. The highest BCUT2D eigenvalue weighted by atomic mass is 16.5. The molecule has 1 amide bonds. The predicted molar refractivity (Wildman–Crippen MR) is 69.2 cm³/mol. The van der Waals surface area contributed by atoms with E-state index in [2.05, 4.69) is 0 Å². The lowest BCUT2D eigenvalue weighted by Gasteiger charge is -2.18. The first kappa shape index (κ1) is 13.6. The molecule has 1 rings (SSSR count). The van der Waals surface area contributed by atoms with Crippen molar-refractivity contribution in [1.29, 1.82) is 0 Å². The lowest BCUT2D eigenvalue weighted by atomic mass is 10.2. The van der Waals surface area contributed by atoms with Crippen molar-refractivity contribution in [1.82, 2.24) is 4.90 Å². The molecule has 0 bridgehead atoms. The maximum Gasteiger partial charge on any atom is 0.225 e. The second kappa shape index (κ2) is 6.94. The zero-order valence-electron chi connectivity index (χ0n) is 10.9. The molecular formula is C14H21NO2. The molecule has 0 aliphatic rings. The van der Waals surface area contributed by atoms with Gasteiger partial charge in [-0.25, -0.2) is 0 Å². The van der Waals surface area contributed by atoms with Crippen molar-refractivity contribution in [2.45, 2.75) is 27.2 Å². The SMILES string of the molecule is CCN(CC)C(=O)CCOc1ccc(C)cc1. The summed E-state index contributed by atoms with van der Waals surface area (Å²) in [6.45, 7) is 7.98. The molecule has 0 unspecified atom stereocenters. The van der Waals surface area contributed by atoms with Gasteiger partial charge in [0.15, 0.2) is 0 Å². The number of hydrogen-bond donors (Lipinski definition) is 0. The molecule has 0 N–H and O–H groups in total. The number of carbonyl (C=O) groups excluding carboxylic acids is 1. The van der Waals surface area contributed by atoms with Gasteiger partial charge in [0.2, 0.25) is 5.91 Å². The number of carbonyl (C=O) groups is 1. The molecular weight excluding hydrogens is 214 g/mol. The Morgan fingerprint density at radius 3 is 2.29 bits per heavy atom. The number of aryl methyl sites for hydroxylation is 1. The monoisotopic (exact) mass is 235 g/mol. The maximum atomic E-state index is 11.7. The van der Waals surface area contributed by atoms with Crippen LogP contribution in [-0.2, 0) is 4.79 Å². The van der Waals surface area contributed by atoms with Gasteiger partial charge in [0, 0.05) is 13.1 Å². The Kier molecular flexibility index (Phi) is 5.53. The van der Waals surface area contributed by atoms with Crippen molar-refractivity contribution < 1.29 is 9.53 Å². The highest BCUT2D eigenvalue weighted by molar-refractivity contribution is 5.76. The third-order valence-electron chi connectivity index (χ3n) is 2.72. The summed E-state index contributed by atoms with van der Waals surface area (Å²) in [5, 5.41) is 0. The Bertz CT molecular complexity index is 342. The Hall–Kier alpha value is -1.51. The minimum Gasteiger partial charge on any atom is -0.493 e. The molecule has 0 spiro atoms. The van der Waals surface area contributed by atoms with Gasteiger partial charge >= 0.3 is 0 Å². The average molecular weight is 235 g/mol. The van der Waals surface area contributed by atoms with Crippen molar-refractivity contribution in [2.75, 3.05) is 19.7 Å². The van der Waals surface area contributed by atoms with Gasteiger partial charge in [0.05, 0.1) is 13.0 Å². The first-order valence-corrected chi connectivity index (χ1v) is 6.14. The first-order chi connectivity index (χ1) is 8.17. The van der Waals surface area contributed by atoms with Crippen LogP contribution in [0.1, 0.15) is 25.8 Å². The zero-order valence-corrected chi connectivity index (χ0v) is 10.9. The molecule has 0 saturated carbocycles. The summed E-state index contributed by atoms with van der Waals surface area (Å²) in [5.41, 5.74) is 1.21. The van der Waals surface area contributed by atoms with E-state index in [0.717, 1.165) is 18.8 Å². The number of amides is 1. The van der Waals surface area contributed by atoms with E-state index in [1.165, 1.54) is 5.56 Å². The molecule has 0 aromatic heterocycles. The summed E-state index contributed by atoms with van der Waals surface area (Å²) < 4.78 is 5.52. The molecule has 0 heterocycles. The third kappa shape index (κ3) is 4.47. The average Bonchev–Trinajstić information content (AvgIpc) is 2.33. The van der Waals surface area contributed by atoms with Crippen LogP contribution < -0.4 is 4.74 Å². The van der Waals surface area contributed by atoms with Gasteiger partial charge in [0.25, 0.3) is 0 Å². The summed E-state index contributed by atoms with van der Waals surface area (Å²) in [6.07, 6.45) is 0.440. The van der Waals surface area contributed by atoms with E-state index in [1.807, 2.05) is 49.9 Å². The minimum absolute atomic E-state index is 0.155. The fraction of sp³-hybridized carbons (Fsp3) is 0.500. The first-order valence-electron chi connectivity index (χ1n) is 6.14. The van der Waals surface area contributed by atoms with Gasteiger partial charge in [-0.15, -0.1) is 0 Å². The Morgan fingerprint density at radius 1 is 1.18 bits per heavy atom. The number of nitrogens with zero attached hydrogens (tertiary/aromatic N) is 1. The van der Waals surface area contributed by atoms with Crippen LogP contribution in [0.2, 0.25) is 0 Å². The molecule has 17 heavy (non-hydrogen) atoms. The number of rotatable bonds is 6. The summed E-state index contributed by atoms with van der Waals surface area (Å²) in [4.78, 5) is 13.5. The fourth-order valence-electron chi connectivity index (χ4n) is 1.63. The van der Waals surface area contributed by atoms with Crippen LogP contribution in [0.3, 0.4) is 0 Å². The predicted octanol–water partition coefficient (Wildman–Crippen LogP) is 2.63. The molecule has 1 aromatic carbocycles. The molecule has 0 saturated heterocycles. The van der Waals surface area contributed by atoms with Gasteiger partial charge in [0.1, 0.15) is 5.75 Å². The van der Waals surface area contributed by atoms with Crippen LogP contribution >= 0.6 is 0 Å². The molecule has 0 atom stereocenters. The quantitative estimate of drug-likeness (QED) is 0.758. The Labute approximate surface area is 103 Å². The van der Waals surface area contributed by atoms with E-state index in [9.17, 15) is 4.79 Å². The molecule has 0 radical (unpaired) electrons. The lowest BCUT2D eigenvalue weighted by Crippen LogP contribution is -2.31. The summed E-state index contributed by atoms with van der Waals surface area (Å²) in [5.74, 6) is 0.977. The van der Waals surface area contributed by atoms with Crippen LogP contribution in [0, 0.1) is 6.92 Å². The molecule has 0 fully saturated rings. The van der Waals surface area contributed by atoms with Crippen LogP contribution in [-0.4, -0.2) is 30.5 Å². The number of ether oxygens (including phenoxy) is 1. The molecule has 3 nitrogen and oxygen atoms in total. The topological polar surface area (TPSA) is 29.5 Å². The molecule has 1 aromatic rings. The van der Waals surface area contributed by atoms with Gasteiger partial charge in [-0.05, 0) is 32.9 Å². The van der Waals surface area contributed by atoms with E-state index < -0.39 is 0 Å². The molecule has 94 valence electrons. The van der Waals surface area contributed by atoms with E-state index in [1.54, 1.807) is 0 Å². The van der Waals surface area contributed by atoms with Crippen molar-refractivity contribution in [3.8, 4) is 5.75 Å². The van der Waals surface area contributed by atoms with Crippen LogP contribution in [0.4, 0.5) is 0 Å². The van der Waals surface area contributed by atoms with Gasteiger partial charge < -0.3 is 9.64 Å². The van der Waals surface area contributed by atoms with Crippen LogP contribution in [0.15, 0.2) is 24.3 Å². The van der Waals surface area contributed by atoms with Gasteiger partial charge in [-0.1, -0.05) is 17.7 Å². The summed E-state index contributed by atoms with van der Waals surface area (Å²) in [7, 11) is 0. The molecule has 0 aliphatic carbocycles. The van der Waals surface area contributed by atoms with Crippen molar-refractivity contribution in [2.24, 2.45) is 0 Å². The van der Waals surface area contributed by atoms with E-state index in [4.69, 9.17) is 4.74 Å². The maximum absolute atomic E-state index is 11.7. The van der Waals surface area contributed by atoms with Crippen molar-refractivity contribution in [3.63, 3.8) is 0 Å². The second-order valence-corrected chi connectivity index (χ2v) is 3.98. The summed E-state index contributed by atoms with van der Waals surface area (Å²) in [6, 6.07) is 7.86. The van der Waals surface area contributed by atoms with E-state index in [0.29, 0.717) is 13.0 Å². The second-order valence-electron chi connectivity index (χ2n) is 3.98. The summed E-state index contributed by atoms with van der Waals surface area (Å²) >= 11 is 0. The van der Waals surface area contributed by atoms with Crippen molar-refractivity contribution >= 4 is 5.91 Å². The van der Waals surface area contributed by atoms with Crippen molar-refractivity contribution in [3.05, 3.63) is 29.8 Å². The number of benzene rings is 1. The lowest BCUT2D eigenvalue weighted by molar-refractivity contribution is -0.131. The third-order valence-corrected chi connectivity index (χ3v) is 2.72.